The number of rotatable bonds is 13. The van der Waals surface area contributed by atoms with E-state index in [1.54, 1.807) is 24.3 Å². The van der Waals surface area contributed by atoms with E-state index in [2.05, 4.69) is 9.83 Å². The molecule has 3 aromatic carbocycles. The Morgan fingerprint density at radius 3 is 2.50 bits per heavy atom. The van der Waals surface area contributed by atoms with Crippen molar-refractivity contribution in [1.82, 2.24) is 4.98 Å². The average Bonchev–Trinajstić information content (AvgIpc) is 3.77. The molecule has 1 saturated carbocycles. The highest BCUT2D eigenvalue weighted by molar-refractivity contribution is 7.91. The second-order valence-electron chi connectivity index (χ2n) is 10.4. The molecular weight excluding hydrogens is 562 g/mol. The van der Waals surface area contributed by atoms with Gasteiger partial charge in [-0.3, -0.25) is 9.78 Å². The van der Waals surface area contributed by atoms with Crippen LogP contribution in [0, 0.1) is 24.1 Å². The molecule has 216 valence electrons. The lowest BCUT2D eigenvalue weighted by Crippen LogP contribution is -2.14. The number of nitrogens with zero attached hydrogens (tertiary/aromatic N) is 2. The number of halogens is 2. The van der Waals surface area contributed by atoms with Gasteiger partial charge in [0, 0.05) is 30.5 Å². The van der Waals surface area contributed by atoms with Gasteiger partial charge in [0.05, 0.1) is 30.2 Å². The van der Waals surface area contributed by atoms with Crippen molar-refractivity contribution in [3.63, 3.8) is 0 Å². The number of ketones is 1. The van der Waals surface area contributed by atoms with Gasteiger partial charge in [-0.05, 0) is 72.7 Å². The summed E-state index contributed by atoms with van der Waals surface area (Å²) in [4.78, 5) is 20.3. The maximum atomic E-state index is 14.9. The number of sulfone groups is 1. The lowest BCUT2D eigenvalue weighted by Gasteiger charge is -2.13. The number of aromatic nitrogens is 1. The zero-order valence-electron chi connectivity index (χ0n) is 22.7. The number of hydrogen-bond donors (Lipinski definition) is 0. The van der Waals surface area contributed by atoms with Crippen molar-refractivity contribution in [2.24, 2.45) is 5.92 Å². The minimum atomic E-state index is -3.11. The van der Waals surface area contributed by atoms with Crippen LogP contribution < -0.4 is 9.47 Å². The van der Waals surface area contributed by atoms with Gasteiger partial charge in [-0.25, -0.2) is 22.0 Å². The quantitative estimate of drug-likeness (QED) is 0.126. The Bertz CT molecular complexity index is 1760. The van der Waals surface area contributed by atoms with Crippen LogP contribution in [0.3, 0.4) is 0 Å². The number of fused-ring (bicyclic) bond motifs is 1. The molecule has 1 aromatic heterocycles. The molecule has 1 fully saturated rings. The molecule has 0 radical (unpaired) electrons. The molecular formula is C32H28F2N2O5S. The second kappa shape index (κ2) is 12.7. The Hall–Kier alpha value is -4.36. The maximum Gasteiger partial charge on any atom is 0.229 e. The van der Waals surface area contributed by atoms with Crippen LogP contribution in [0.15, 0.2) is 66.9 Å². The fourth-order valence-electron chi connectivity index (χ4n) is 4.58. The molecule has 1 aliphatic rings. The van der Waals surface area contributed by atoms with Gasteiger partial charge >= 0.3 is 0 Å². The number of carbonyl (C=O) groups is 1. The minimum absolute atomic E-state index is 0.0401. The Morgan fingerprint density at radius 1 is 1.00 bits per heavy atom. The standard InChI is InChI=1S/C32H28F2N2O5S/c1-35-30-18-27-29(19-32(30)40-13-2-14-42(38,39)20-22-3-4-22)36-12-11-31(27)41-26-10-7-23(28(34)17-26)16-25(37)15-21-5-8-24(33)9-6-21/h5-12,17-19,22H,2-4,13-16,20H2. The molecule has 4 aromatic rings. The van der Waals surface area contributed by atoms with Gasteiger partial charge in [-0.1, -0.05) is 18.2 Å². The molecule has 1 aliphatic carbocycles. The molecule has 5 rings (SSSR count). The first-order valence-electron chi connectivity index (χ1n) is 13.5. The Morgan fingerprint density at radius 2 is 1.79 bits per heavy atom. The third-order valence-corrected chi connectivity index (χ3v) is 8.79. The number of hydrogen-bond acceptors (Lipinski definition) is 6. The molecule has 0 N–H and O–H groups in total. The highest BCUT2D eigenvalue weighted by atomic mass is 32.2. The van der Waals surface area contributed by atoms with Gasteiger partial charge in [-0.15, -0.1) is 0 Å². The van der Waals surface area contributed by atoms with Gasteiger partial charge in [0.15, 0.2) is 9.84 Å². The van der Waals surface area contributed by atoms with E-state index in [0.29, 0.717) is 40.3 Å². The van der Waals surface area contributed by atoms with E-state index in [9.17, 15) is 22.0 Å². The Balaban J connectivity index is 1.24. The topological polar surface area (TPSA) is 86.9 Å². The number of Topliss-reactive ketones (excluding diaryl/α,β-unsaturated/α-hetero) is 1. The van der Waals surface area contributed by atoms with Crippen LogP contribution in [-0.4, -0.2) is 37.3 Å². The summed E-state index contributed by atoms with van der Waals surface area (Å²) in [5.41, 5.74) is 1.56. The van der Waals surface area contributed by atoms with Crippen molar-refractivity contribution < 1.29 is 31.5 Å². The van der Waals surface area contributed by atoms with Gasteiger partial charge in [0.25, 0.3) is 0 Å². The van der Waals surface area contributed by atoms with Gasteiger partial charge in [0.1, 0.15) is 34.7 Å². The number of carbonyl (C=O) groups excluding carboxylic acids is 1. The van der Waals surface area contributed by atoms with Crippen LogP contribution in [-0.2, 0) is 27.5 Å². The van der Waals surface area contributed by atoms with Crippen LogP contribution >= 0.6 is 0 Å². The molecule has 0 bridgehead atoms. The molecule has 42 heavy (non-hydrogen) atoms. The maximum absolute atomic E-state index is 14.9. The number of benzene rings is 3. The highest BCUT2D eigenvalue weighted by Crippen LogP contribution is 2.38. The Kier molecular flexibility index (Phi) is 8.78. The molecule has 1 heterocycles. The third kappa shape index (κ3) is 7.68. The van der Waals surface area contributed by atoms with E-state index in [1.165, 1.54) is 42.6 Å². The summed E-state index contributed by atoms with van der Waals surface area (Å²) >= 11 is 0. The number of pyridine rings is 1. The Labute approximate surface area is 242 Å². The molecule has 0 unspecified atom stereocenters. The first-order chi connectivity index (χ1) is 20.2. The SMILES string of the molecule is [C-]#[N+]c1cc2c(Oc3ccc(CC(=O)Cc4ccc(F)cc4)c(F)c3)ccnc2cc1OCCCS(=O)(=O)CC1CC1. The summed E-state index contributed by atoms with van der Waals surface area (Å²) in [6.45, 7) is 7.74. The van der Waals surface area contributed by atoms with Crippen molar-refractivity contribution in [2.75, 3.05) is 18.1 Å². The van der Waals surface area contributed by atoms with Gasteiger partial charge in [0.2, 0.25) is 5.69 Å². The van der Waals surface area contributed by atoms with Crippen LogP contribution in [0.2, 0.25) is 0 Å². The lowest BCUT2D eigenvalue weighted by molar-refractivity contribution is -0.117. The fourth-order valence-corrected chi connectivity index (χ4v) is 6.36. The summed E-state index contributed by atoms with van der Waals surface area (Å²) in [6, 6.07) is 14.6. The van der Waals surface area contributed by atoms with E-state index < -0.39 is 21.5 Å². The normalized spacial score (nSPS) is 13.1. The molecule has 0 aliphatic heterocycles. The van der Waals surface area contributed by atoms with E-state index in [-0.39, 0.29) is 53.7 Å². The monoisotopic (exact) mass is 590 g/mol. The van der Waals surface area contributed by atoms with Crippen LogP contribution in [0.25, 0.3) is 15.7 Å². The highest BCUT2D eigenvalue weighted by Gasteiger charge is 2.27. The average molecular weight is 591 g/mol. The van der Waals surface area contributed by atoms with Crippen molar-refractivity contribution in [3.05, 3.63) is 101 Å². The lowest BCUT2D eigenvalue weighted by atomic mass is 10.0. The van der Waals surface area contributed by atoms with E-state index in [1.807, 2.05) is 0 Å². The molecule has 0 amide bonds. The second-order valence-corrected chi connectivity index (χ2v) is 12.6. The van der Waals surface area contributed by atoms with Crippen LogP contribution in [0.4, 0.5) is 14.5 Å². The van der Waals surface area contributed by atoms with E-state index >= 15 is 0 Å². The smallest absolute Gasteiger partial charge is 0.229 e. The predicted molar refractivity (Wildman–Crippen MR) is 155 cm³/mol. The summed E-state index contributed by atoms with van der Waals surface area (Å²) < 4.78 is 64.0. The third-order valence-electron chi connectivity index (χ3n) is 6.90. The summed E-state index contributed by atoms with van der Waals surface area (Å²) in [7, 11) is -3.11. The number of ether oxygens (including phenoxy) is 2. The van der Waals surface area contributed by atoms with Crippen molar-refractivity contribution in [2.45, 2.75) is 32.1 Å². The molecule has 7 nitrogen and oxygen atoms in total. The first-order valence-corrected chi connectivity index (χ1v) is 15.4. The predicted octanol–water partition coefficient (Wildman–Crippen LogP) is 6.80. The van der Waals surface area contributed by atoms with Crippen LogP contribution in [0.1, 0.15) is 30.4 Å². The molecule has 10 heteroatoms. The first kappa shape index (κ1) is 29.1. The zero-order chi connectivity index (χ0) is 29.7. The van der Waals surface area contributed by atoms with Gasteiger partial charge in [-0.2, -0.15) is 0 Å². The van der Waals surface area contributed by atoms with Crippen molar-refractivity contribution in [1.29, 1.82) is 0 Å². The minimum Gasteiger partial charge on any atom is -0.505 e. The van der Waals surface area contributed by atoms with E-state index in [0.717, 1.165) is 12.8 Å². The summed E-state index contributed by atoms with van der Waals surface area (Å²) in [6.07, 6.45) is 3.73. The largest absolute Gasteiger partial charge is 0.505 e. The van der Waals surface area contributed by atoms with Crippen molar-refractivity contribution >= 4 is 32.2 Å². The molecule has 0 atom stereocenters. The summed E-state index contributed by atoms with van der Waals surface area (Å²) in [5, 5.41) is 0.516. The van der Waals surface area contributed by atoms with Crippen LogP contribution in [0.5, 0.6) is 17.2 Å². The summed E-state index contributed by atoms with van der Waals surface area (Å²) in [5.74, 6) is 0.206. The van der Waals surface area contributed by atoms with Gasteiger partial charge < -0.3 is 9.47 Å². The van der Waals surface area contributed by atoms with E-state index in [4.69, 9.17) is 16.0 Å². The van der Waals surface area contributed by atoms with Crippen molar-refractivity contribution in [3.8, 4) is 17.2 Å². The molecule has 0 spiro atoms. The fraction of sp³-hybridized carbons (Fsp3) is 0.281. The molecule has 0 saturated heterocycles. The zero-order valence-corrected chi connectivity index (χ0v) is 23.5.